The number of ether oxygens (including phenoxy) is 1. The number of nitrogens with zero attached hydrogens (tertiary/aromatic N) is 3. The average molecular weight is 379 g/mol. The number of anilines is 1. The number of rotatable bonds is 4. The molecule has 0 spiro atoms. The van der Waals surface area contributed by atoms with Crippen molar-refractivity contribution in [3.05, 3.63) is 65.0 Å². The second kappa shape index (κ2) is 7.80. The third-order valence-electron chi connectivity index (χ3n) is 4.83. The highest BCUT2D eigenvalue weighted by Gasteiger charge is 2.22. The molecule has 0 bridgehead atoms. The predicted molar refractivity (Wildman–Crippen MR) is 109 cm³/mol. The highest BCUT2D eigenvalue weighted by Crippen LogP contribution is 2.23. The van der Waals surface area contributed by atoms with Crippen molar-refractivity contribution < 1.29 is 9.53 Å². The zero-order valence-electron chi connectivity index (χ0n) is 15.2. The smallest absolute Gasteiger partial charge is 0.254 e. The first-order valence-electron chi connectivity index (χ1n) is 8.91. The van der Waals surface area contributed by atoms with Gasteiger partial charge in [0.25, 0.3) is 5.91 Å². The van der Waals surface area contributed by atoms with Crippen LogP contribution in [0.25, 0.3) is 11.3 Å². The molecule has 138 valence electrons. The fraction of sp³-hybridized carbons (Fsp3) is 0.238. The van der Waals surface area contributed by atoms with Gasteiger partial charge in [0.05, 0.1) is 12.8 Å². The minimum absolute atomic E-state index is 0.0725. The van der Waals surface area contributed by atoms with Crippen LogP contribution in [0.3, 0.4) is 0 Å². The van der Waals surface area contributed by atoms with E-state index in [0.29, 0.717) is 18.7 Å². The van der Waals surface area contributed by atoms with E-state index in [1.165, 1.54) is 0 Å². The SMILES string of the molecule is COc1ccc(N2CCN(C(=O)c3ccnc(-c4ccsc4)c3)CC2)cc1. The number of amides is 1. The van der Waals surface area contributed by atoms with E-state index >= 15 is 0 Å². The molecule has 6 heteroatoms. The van der Waals surface area contributed by atoms with Crippen LogP contribution in [0.1, 0.15) is 10.4 Å². The topological polar surface area (TPSA) is 45.7 Å². The van der Waals surface area contributed by atoms with E-state index in [-0.39, 0.29) is 5.91 Å². The Morgan fingerprint density at radius 2 is 1.85 bits per heavy atom. The number of hydrogen-bond donors (Lipinski definition) is 0. The van der Waals surface area contributed by atoms with Crippen LogP contribution < -0.4 is 9.64 Å². The van der Waals surface area contributed by atoms with Crippen LogP contribution in [-0.4, -0.2) is 49.1 Å². The molecule has 0 atom stereocenters. The van der Waals surface area contributed by atoms with Gasteiger partial charge in [0.1, 0.15) is 5.75 Å². The van der Waals surface area contributed by atoms with Crippen LogP contribution in [-0.2, 0) is 0 Å². The van der Waals surface area contributed by atoms with Crippen molar-refractivity contribution in [1.29, 1.82) is 0 Å². The van der Waals surface area contributed by atoms with Gasteiger partial charge >= 0.3 is 0 Å². The quantitative estimate of drug-likeness (QED) is 0.692. The van der Waals surface area contributed by atoms with Crippen LogP contribution in [0.2, 0.25) is 0 Å². The maximum Gasteiger partial charge on any atom is 0.254 e. The van der Waals surface area contributed by atoms with Gasteiger partial charge in [-0.2, -0.15) is 11.3 Å². The van der Waals surface area contributed by atoms with Gasteiger partial charge < -0.3 is 14.5 Å². The molecule has 3 heterocycles. The number of carbonyl (C=O) groups is 1. The number of benzene rings is 1. The third-order valence-corrected chi connectivity index (χ3v) is 5.51. The minimum Gasteiger partial charge on any atom is -0.497 e. The van der Waals surface area contributed by atoms with E-state index < -0.39 is 0 Å². The molecule has 0 N–H and O–H groups in total. The van der Waals surface area contributed by atoms with Gasteiger partial charge in [0.2, 0.25) is 0 Å². The van der Waals surface area contributed by atoms with E-state index in [0.717, 1.165) is 35.8 Å². The molecule has 1 aliphatic rings. The van der Waals surface area contributed by atoms with E-state index in [1.54, 1.807) is 30.7 Å². The lowest BCUT2D eigenvalue weighted by atomic mass is 10.1. The fourth-order valence-corrected chi connectivity index (χ4v) is 3.92. The Morgan fingerprint density at radius 1 is 1.07 bits per heavy atom. The zero-order chi connectivity index (χ0) is 18.6. The molecular formula is C21H21N3O2S. The Hall–Kier alpha value is -2.86. The second-order valence-corrected chi connectivity index (χ2v) is 7.20. The summed E-state index contributed by atoms with van der Waals surface area (Å²) in [7, 11) is 1.67. The molecule has 3 aromatic rings. The molecule has 27 heavy (non-hydrogen) atoms. The summed E-state index contributed by atoms with van der Waals surface area (Å²) in [6.45, 7) is 3.06. The molecule has 1 fully saturated rings. The Labute approximate surface area is 162 Å². The van der Waals surface area contributed by atoms with Gasteiger partial charge in [0, 0.05) is 54.6 Å². The Morgan fingerprint density at radius 3 is 2.52 bits per heavy atom. The lowest BCUT2D eigenvalue weighted by molar-refractivity contribution is 0.0746. The monoisotopic (exact) mass is 379 g/mol. The van der Waals surface area contributed by atoms with E-state index in [9.17, 15) is 4.79 Å². The van der Waals surface area contributed by atoms with Crippen molar-refractivity contribution in [1.82, 2.24) is 9.88 Å². The maximum absolute atomic E-state index is 12.9. The number of methoxy groups -OCH3 is 1. The molecule has 4 rings (SSSR count). The molecule has 0 unspecified atom stereocenters. The van der Waals surface area contributed by atoms with Crippen LogP contribution in [0.15, 0.2) is 59.4 Å². The molecule has 1 saturated heterocycles. The largest absolute Gasteiger partial charge is 0.497 e. The summed E-state index contributed by atoms with van der Waals surface area (Å²) in [5.41, 5.74) is 3.76. The van der Waals surface area contributed by atoms with Gasteiger partial charge in [-0.1, -0.05) is 0 Å². The van der Waals surface area contributed by atoms with Gasteiger partial charge in [-0.05, 0) is 47.8 Å². The molecule has 1 aliphatic heterocycles. The summed E-state index contributed by atoms with van der Waals surface area (Å²) in [5, 5.41) is 4.06. The van der Waals surface area contributed by atoms with E-state index in [2.05, 4.69) is 22.0 Å². The zero-order valence-corrected chi connectivity index (χ0v) is 16.0. The number of aromatic nitrogens is 1. The molecule has 1 amide bonds. The maximum atomic E-state index is 12.9. The number of carbonyl (C=O) groups excluding carboxylic acids is 1. The van der Waals surface area contributed by atoms with Crippen LogP contribution in [0.5, 0.6) is 5.75 Å². The number of thiophene rings is 1. The molecular weight excluding hydrogens is 358 g/mol. The summed E-state index contributed by atoms with van der Waals surface area (Å²) < 4.78 is 5.21. The first-order chi connectivity index (χ1) is 13.2. The lowest BCUT2D eigenvalue weighted by Crippen LogP contribution is -2.48. The summed E-state index contributed by atoms with van der Waals surface area (Å²) >= 11 is 1.63. The van der Waals surface area contributed by atoms with Crippen molar-refractivity contribution in [2.75, 3.05) is 38.2 Å². The Bertz CT molecular complexity index is 901. The van der Waals surface area contributed by atoms with Crippen LogP contribution >= 0.6 is 11.3 Å². The molecule has 2 aromatic heterocycles. The van der Waals surface area contributed by atoms with Gasteiger partial charge in [0.15, 0.2) is 0 Å². The molecule has 0 aliphatic carbocycles. The fourth-order valence-electron chi connectivity index (χ4n) is 3.28. The highest BCUT2D eigenvalue weighted by atomic mass is 32.1. The van der Waals surface area contributed by atoms with Crippen LogP contribution in [0.4, 0.5) is 5.69 Å². The van der Waals surface area contributed by atoms with Crippen LogP contribution in [0, 0.1) is 0 Å². The number of piperazine rings is 1. The molecule has 0 saturated carbocycles. The second-order valence-electron chi connectivity index (χ2n) is 6.42. The third kappa shape index (κ3) is 3.80. The van der Waals surface area contributed by atoms with Crippen molar-refractivity contribution in [3.63, 3.8) is 0 Å². The highest BCUT2D eigenvalue weighted by molar-refractivity contribution is 7.08. The average Bonchev–Trinajstić information content (AvgIpc) is 3.29. The molecule has 5 nitrogen and oxygen atoms in total. The van der Waals surface area contributed by atoms with Crippen molar-refractivity contribution in [2.24, 2.45) is 0 Å². The van der Waals surface area contributed by atoms with Gasteiger partial charge in [-0.15, -0.1) is 0 Å². The first-order valence-corrected chi connectivity index (χ1v) is 9.86. The summed E-state index contributed by atoms with van der Waals surface area (Å²) in [5.74, 6) is 0.926. The Balaban J connectivity index is 1.42. The van der Waals surface area contributed by atoms with Gasteiger partial charge in [-0.25, -0.2) is 0 Å². The predicted octanol–water partition coefficient (Wildman–Crippen LogP) is 3.78. The Kier molecular flexibility index (Phi) is 5.07. The summed E-state index contributed by atoms with van der Waals surface area (Å²) in [4.78, 5) is 21.5. The standard InChI is InChI=1S/C21H21N3O2S/c1-26-19-4-2-18(3-5-19)23-9-11-24(12-10-23)21(25)16-6-8-22-20(14-16)17-7-13-27-15-17/h2-8,13-15H,9-12H2,1H3. The van der Waals surface area contributed by atoms with E-state index in [1.807, 2.05) is 39.9 Å². The van der Waals surface area contributed by atoms with Crippen molar-refractivity contribution in [3.8, 4) is 17.0 Å². The van der Waals surface area contributed by atoms with E-state index in [4.69, 9.17) is 4.74 Å². The van der Waals surface area contributed by atoms with Crippen molar-refractivity contribution in [2.45, 2.75) is 0 Å². The van der Waals surface area contributed by atoms with Gasteiger partial charge in [-0.3, -0.25) is 9.78 Å². The number of pyridine rings is 1. The lowest BCUT2D eigenvalue weighted by Gasteiger charge is -2.36. The molecule has 1 aromatic carbocycles. The first kappa shape index (κ1) is 17.5. The molecule has 0 radical (unpaired) electrons. The summed E-state index contributed by atoms with van der Waals surface area (Å²) in [6, 6.07) is 13.8. The minimum atomic E-state index is 0.0725. The summed E-state index contributed by atoms with van der Waals surface area (Å²) in [6.07, 6.45) is 1.72. The normalized spacial score (nSPS) is 14.3. The van der Waals surface area contributed by atoms with Crippen molar-refractivity contribution >= 4 is 22.9 Å². The number of hydrogen-bond acceptors (Lipinski definition) is 5.